The van der Waals surface area contributed by atoms with E-state index in [1.807, 2.05) is 4.72 Å². The average Bonchev–Trinajstić information content (AvgIpc) is 3.56. The largest absolute Gasteiger partial charge is 0.476 e. The molecule has 0 aromatic carbocycles. The highest BCUT2D eigenvalue weighted by molar-refractivity contribution is 7.90. The van der Waals surface area contributed by atoms with Crippen molar-refractivity contribution in [1.82, 2.24) is 29.3 Å². The first-order valence-corrected chi connectivity index (χ1v) is 13.9. The topological polar surface area (TPSA) is 124 Å². The molecule has 1 aliphatic rings. The number of pyridine rings is 1. The molecule has 11 nitrogen and oxygen atoms in total. The zero-order valence-corrected chi connectivity index (χ0v) is 24.1. The Morgan fingerprint density at radius 2 is 1.98 bits per heavy atom. The highest BCUT2D eigenvalue weighted by atomic mass is 32.2. The predicted octanol–water partition coefficient (Wildman–Crippen LogP) is 4.02. The van der Waals surface area contributed by atoms with Gasteiger partial charge in [0.1, 0.15) is 17.3 Å². The number of hydrogen-bond acceptors (Lipinski definition) is 8. The fourth-order valence-electron chi connectivity index (χ4n) is 4.18. The maximum Gasteiger partial charge on any atom is 0.397 e. The van der Waals surface area contributed by atoms with E-state index in [9.17, 15) is 26.4 Å². The van der Waals surface area contributed by atoms with E-state index in [-0.39, 0.29) is 33.7 Å². The standard InChI is InChI=1S/C26H34F3N7O4S/c1-16-12-25(5,6)35(13-16)22-18(23(37)33-41(38,39)19-14-34(7)31-17(19)2)8-9-20(30-22)36-11-10-21(32-36)40-15-24(3,4)26(27,28)29/h8-11,14,16H,12-13,15H2,1-7H3,(H,33,37)/i1D3,12D2. The first kappa shape index (κ1) is 24.0. The van der Waals surface area contributed by atoms with Crippen molar-refractivity contribution >= 4 is 21.7 Å². The van der Waals surface area contributed by atoms with E-state index in [4.69, 9.17) is 11.6 Å². The van der Waals surface area contributed by atoms with E-state index in [0.29, 0.717) is 0 Å². The van der Waals surface area contributed by atoms with Gasteiger partial charge in [-0.3, -0.25) is 9.48 Å². The summed E-state index contributed by atoms with van der Waals surface area (Å²) in [6.07, 6.45) is -4.33. The summed E-state index contributed by atoms with van der Waals surface area (Å²) >= 11 is 0. The Bertz CT molecular complexity index is 1750. The van der Waals surface area contributed by atoms with Crippen LogP contribution in [0.25, 0.3) is 5.82 Å². The van der Waals surface area contributed by atoms with Crippen LogP contribution in [0.15, 0.2) is 35.5 Å². The van der Waals surface area contributed by atoms with Crippen molar-refractivity contribution in [3.05, 3.63) is 41.9 Å². The van der Waals surface area contributed by atoms with Crippen molar-refractivity contribution in [2.24, 2.45) is 18.4 Å². The van der Waals surface area contributed by atoms with Crippen LogP contribution in [0.2, 0.25) is 0 Å². The van der Waals surface area contributed by atoms with E-state index in [1.54, 1.807) is 0 Å². The van der Waals surface area contributed by atoms with Crippen LogP contribution >= 0.6 is 0 Å². The van der Waals surface area contributed by atoms with E-state index in [1.165, 1.54) is 68.0 Å². The van der Waals surface area contributed by atoms with Crippen molar-refractivity contribution in [2.45, 2.75) is 64.5 Å². The Morgan fingerprint density at radius 1 is 1.27 bits per heavy atom. The molecule has 41 heavy (non-hydrogen) atoms. The number of hydrogen-bond donors (Lipinski definition) is 1. The molecule has 15 heteroatoms. The smallest absolute Gasteiger partial charge is 0.397 e. The number of amides is 1. The zero-order valence-electron chi connectivity index (χ0n) is 28.2. The minimum absolute atomic E-state index is 0.00358. The molecule has 1 N–H and O–H groups in total. The number of anilines is 1. The number of nitrogens with one attached hydrogen (secondary N) is 1. The third-order valence-electron chi connectivity index (χ3n) is 6.56. The number of carbonyl (C=O) groups is 1. The first-order chi connectivity index (χ1) is 20.8. The van der Waals surface area contributed by atoms with Gasteiger partial charge in [0, 0.05) is 44.4 Å². The molecule has 3 aromatic heterocycles. The molecule has 1 unspecified atom stereocenters. The highest BCUT2D eigenvalue weighted by Crippen LogP contribution is 2.39. The van der Waals surface area contributed by atoms with Gasteiger partial charge in [-0.05, 0) is 59.0 Å². The summed E-state index contributed by atoms with van der Waals surface area (Å²) in [7, 11) is -2.94. The number of ether oxygens (including phenoxy) is 1. The summed E-state index contributed by atoms with van der Waals surface area (Å²) in [5.41, 5.74) is -3.95. The van der Waals surface area contributed by atoms with Crippen LogP contribution in [0.4, 0.5) is 19.0 Å². The summed E-state index contributed by atoms with van der Waals surface area (Å²) in [4.78, 5) is 19.1. The number of rotatable bonds is 8. The summed E-state index contributed by atoms with van der Waals surface area (Å²) in [6.45, 7) is 2.37. The summed E-state index contributed by atoms with van der Waals surface area (Å²) in [5, 5.41) is 8.10. The van der Waals surface area contributed by atoms with Crippen LogP contribution in [0.1, 0.15) is 63.8 Å². The summed E-state index contributed by atoms with van der Waals surface area (Å²) in [5.74, 6) is -3.06. The Labute approximate surface area is 243 Å². The number of nitrogens with zero attached hydrogens (tertiary/aromatic N) is 6. The number of alkyl halides is 3. The lowest BCUT2D eigenvalue weighted by Gasteiger charge is -2.34. The van der Waals surface area contributed by atoms with Crippen molar-refractivity contribution in [3.8, 4) is 11.7 Å². The van der Waals surface area contributed by atoms with Crippen molar-refractivity contribution < 1.29 is 38.0 Å². The Morgan fingerprint density at radius 3 is 2.56 bits per heavy atom. The molecule has 4 heterocycles. The minimum Gasteiger partial charge on any atom is -0.476 e. The van der Waals surface area contributed by atoms with E-state index < -0.39 is 65.4 Å². The average molecular weight is 603 g/mol. The summed E-state index contributed by atoms with van der Waals surface area (Å²) in [6, 6.07) is 3.79. The number of sulfonamides is 1. The van der Waals surface area contributed by atoms with Crippen LogP contribution in [0.3, 0.4) is 0 Å². The second-order valence-electron chi connectivity index (χ2n) is 10.9. The maximum absolute atomic E-state index is 13.6. The van der Waals surface area contributed by atoms with Gasteiger partial charge in [0.05, 0.1) is 16.7 Å². The molecule has 1 fully saturated rings. The molecule has 1 amide bonds. The van der Waals surface area contributed by atoms with Crippen molar-refractivity contribution in [1.29, 1.82) is 0 Å². The van der Waals surface area contributed by atoms with Crippen LogP contribution in [-0.2, 0) is 17.1 Å². The molecule has 3 aromatic rings. The van der Waals surface area contributed by atoms with Gasteiger partial charge in [0.15, 0.2) is 5.82 Å². The Kier molecular flexibility index (Phi) is 6.06. The molecule has 4 rings (SSSR count). The maximum atomic E-state index is 13.6. The number of halogens is 3. The minimum atomic E-state index is -4.54. The number of aromatic nitrogens is 5. The van der Waals surface area contributed by atoms with Gasteiger partial charge >= 0.3 is 6.18 Å². The number of carbonyl (C=O) groups excluding carboxylic acids is 1. The van der Waals surface area contributed by atoms with Gasteiger partial charge < -0.3 is 9.64 Å². The van der Waals surface area contributed by atoms with Crippen molar-refractivity contribution in [3.63, 3.8) is 0 Å². The highest BCUT2D eigenvalue weighted by Gasteiger charge is 2.48. The van der Waals surface area contributed by atoms with Gasteiger partial charge in [-0.2, -0.15) is 18.3 Å². The third kappa shape index (κ3) is 6.19. The number of aryl methyl sites for hydroxylation is 2. The molecule has 1 saturated heterocycles. The zero-order chi connectivity index (χ0) is 34.8. The SMILES string of the molecule is [2H]C([2H])([2H])C1CN(c2nc(-n3ccc(OCC(C)(C)C(F)(F)F)n3)ccc2C(=O)NS(=O)(=O)c2cn(C)nc2C)C(C)(C)C1([2H])[2H]. The molecule has 0 spiro atoms. The van der Waals surface area contributed by atoms with Crippen LogP contribution < -0.4 is 14.4 Å². The lowest BCUT2D eigenvalue weighted by atomic mass is 9.94. The molecule has 1 aliphatic heterocycles. The third-order valence-corrected chi connectivity index (χ3v) is 7.99. The molecule has 1 atom stereocenters. The van der Waals surface area contributed by atoms with Gasteiger partial charge in [-0.15, -0.1) is 5.10 Å². The van der Waals surface area contributed by atoms with Gasteiger partial charge in [-0.25, -0.2) is 22.8 Å². The van der Waals surface area contributed by atoms with Crippen LogP contribution in [-0.4, -0.2) is 63.7 Å². The Hall–Kier alpha value is -3.62. The molecule has 0 aliphatic carbocycles. The first-order valence-electron chi connectivity index (χ1n) is 14.9. The lowest BCUT2D eigenvalue weighted by molar-refractivity contribution is -0.219. The fourth-order valence-corrected chi connectivity index (χ4v) is 5.37. The normalized spacial score (nSPS) is 21.0. The van der Waals surface area contributed by atoms with Gasteiger partial charge in [-0.1, -0.05) is 6.85 Å². The molecule has 0 saturated carbocycles. The van der Waals surface area contributed by atoms with Gasteiger partial charge in [0.2, 0.25) is 5.88 Å². The quantitative estimate of drug-likeness (QED) is 0.410. The van der Waals surface area contributed by atoms with Crippen LogP contribution in [0, 0.1) is 18.3 Å². The van der Waals surface area contributed by atoms with Crippen LogP contribution in [0.5, 0.6) is 5.88 Å². The monoisotopic (exact) mass is 602 g/mol. The second kappa shape index (κ2) is 10.3. The second-order valence-corrected chi connectivity index (χ2v) is 12.5. The Balaban J connectivity index is 1.78. The molecular formula is C26H34F3N7O4S. The van der Waals surface area contributed by atoms with Gasteiger partial charge in [0.25, 0.3) is 15.9 Å². The fraction of sp³-hybridized carbons (Fsp3) is 0.538. The molecule has 0 radical (unpaired) electrons. The van der Waals surface area contributed by atoms with E-state index >= 15 is 0 Å². The predicted molar refractivity (Wildman–Crippen MR) is 144 cm³/mol. The van der Waals surface area contributed by atoms with E-state index in [2.05, 4.69) is 15.2 Å². The molecular weight excluding hydrogens is 563 g/mol. The molecule has 224 valence electrons. The molecule has 0 bridgehead atoms. The van der Waals surface area contributed by atoms with Crippen molar-refractivity contribution in [2.75, 3.05) is 18.1 Å². The summed E-state index contributed by atoms with van der Waals surface area (Å²) < 4.78 is 117. The lowest BCUT2D eigenvalue weighted by Crippen LogP contribution is -2.41. The van der Waals surface area contributed by atoms with E-state index in [0.717, 1.165) is 18.5 Å².